The highest BCUT2D eigenvalue weighted by molar-refractivity contribution is 5.69. The Hall–Kier alpha value is -2.10. The van der Waals surface area contributed by atoms with Crippen LogP contribution in [0.4, 0.5) is 20.2 Å². The van der Waals surface area contributed by atoms with Crippen molar-refractivity contribution < 1.29 is 8.78 Å². The van der Waals surface area contributed by atoms with E-state index >= 15 is 0 Å². The van der Waals surface area contributed by atoms with E-state index in [2.05, 4.69) is 0 Å². The van der Waals surface area contributed by atoms with E-state index in [4.69, 9.17) is 5.73 Å². The second-order valence-electron chi connectivity index (χ2n) is 5.14. The predicted molar refractivity (Wildman–Crippen MR) is 76.4 cm³/mol. The molecule has 0 unspecified atom stereocenters. The average molecular weight is 274 g/mol. The van der Waals surface area contributed by atoms with Gasteiger partial charge in [-0.25, -0.2) is 8.78 Å². The van der Waals surface area contributed by atoms with Crippen LogP contribution >= 0.6 is 0 Å². The molecule has 0 spiro atoms. The lowest BCUT2D eigenvalue weighted by atomic mass is 10.1. The highest BCUT2D eigenvalue weighted by Gasteiger charge is 2.32. The van der Waals surface area contributed by atoms with E-state index in [0.717, 1.165) is 24.5 Å². The predicted octanol–water partition coefficient (Wildman–Crippen LogP) is 3.72. The maximum absolute atomic E-state index is 14.1. The Bertz CT molecular complexity index is 609. The molecule has 2 aromatic carbocycles. The van der Waals surface area contributed by atoms with Gasteiger partial charge in [-0.15, -0.1) is 0 Å². The lowest BCUT2D eigenvalue weighted by molar-refractivity contribution is 0.505. The van der Waals surface area contributed by atoms with Gasteiger partial charge in [0.1, 0.15) is 0 Å². The molecule has 2 nitrogen and oxygen atoms in total. The highest BCUT2D eigenvalue weighted by atomic mass is 19.2. The smallest absolute Gasteiger partial charge is 0.184 e. The van der Waals surface area contributed by atoms with Crippen molar-refractivity contribution in [3.05, 3.63) is 59.7 Å². The fourth-order valence-corrected chi connectivity index (χ4v) is 2.40. The maximum Gasteiger partial charge on any atom is 0.184 e. The van der Waals surface area contributed by atoms with Gasteiger partial charge in [-0.1, -0.05) is 30.3 Å². The number of halogens is 2. The molecule has 0 heterocycles. The van der Waals surface area contributed by atoms with E-state index in [1.54, 1.807) is 0 Å². The standard InChI is InChI=1S/C16H16F2N2/c17-13-8-9-14(19)16(15(13)18)20(12-6-7-12)10-11-4-2-1-3-5-11/h1-5,8-9,12H,6-7,10,19H2. The Morgan fingerprint density at radius 3 is 2.40 bits per heavy atom. The summed E-state index contributed by atoms with van der Waals surface area (Å²) in [5.74, 6) is -1.71. The van der Waals surface area contributed by atoms with Gasteiger partial charge < -0.3 is 10.6 Å². The molecule has 0 aromatic heterocycles. The van der Waals surface area contributed by atoms with Gasteiger partial charge in [0.25, 0.3) is 0 Å². The number of nitrogen functional groups attached to an aromatic ring is 1. The molecule has 0 atom stereocenters. The SMILES string of the molecule is Nc1ccc(F)c(F)c1N(Cc1ccccc1)C1CC1. The van der Waals surface area contributed by atoms with Gasteiger partial charge in [0, 0.05) is 12.6 Å². The summed E-state index contributed by atoms with van der Waals surface area (Å²) in [6.07, 6.45) is 1.98. The summed E-state index contributed by atoms with van der Waals surface area (Å²) in [4.78, 5) is 1.88. The second kappa shape index (κ2) is 5.12. The summed E-state index contributed by atoms with van der Waals surface area (Å²) < 4.78 is 27.6. The number of nitrogens with zero attached hydrogens (tertiary/aromatic N) is 1. The molecule has 20 heavy (non-hydrogen) atoms. The highest BCUT2D eigenvalue weighted by Crippen LogP contribution is 2.38. The van der Waals surface area contributed by atoms with Crippen molar-refractivity contribution in [2.24, 2.45) is 0 Å². The summed E-state index contributed by atoms with van der Waals surface area (Å²) >= 11 is 0. The fraction of sp³-hybridized carbons (Fsp3) is 0.250. The first-order valence-corrected chi connectivity index (χ1v) is 6.71. The molecule has 104 valence electrons. The van der Waals surface area contributed by atoms with Crippen LogP contribution in [-0.4, -0.2) is 6.04 Å². The minimum Gasteiger partial charge on any atom is -0.397 e. The van der Waals surface area contributed by atoms with Crippen molar-refractivity contribution >= 4 is 11.4 Å². The maximum atomic E-state index is 14.1. The van der Waals surface area contributed by atoms with Gasteiger partial charge in [0.05, 0.1) is 11.4 Å². The van der Waals surface area contributed by atoms with Crippen molar-refractivity contribution in [3.8, 4) is 0 Å². The van der Waals surface area contributed by atoms with Crippen LogP contribution in [0.5, 0.6) is 0 Å². The van der Waals surface area contributed by atoms with Crippen LogP contribution in [0.2, 0.25) is 0 Å². The Labute approximate surface area is 116 Å². The number of hydrogen-bond donors (Lipinski definition) is 1. The number of nitrogens with two attached hydrogens (primary N) is 1. The van der Waals surface area contributed by atoms with Gasteiger partial charge in [-0.2, -0.15) is 0 Å². The number of hydrogen-bond acceptors (Lipinski definition) is 2. The molecule has 2 N–H and O–H groups in total. The van der Waals surface area contributed by atoms with E-state index in [-0.39, 0.29) is 17.4 Å². The van der Waals surface area contributed by atoms with Gasteiger partial charge >= 0.3 is 0 Å². The van der Waals surface area contributed by atoms with Crippen LogP contribution in [0, 0.1) is 11.6 Å². The summed E-state index contributed by atoms with van der Waals surface area (Å²) in [5.41, 5.74) is 7.39. The van der Waals surface area contributed by atoms with Crippen LogP contribution in [0.25, 0.3) is 0 Å². The quantitative estimate of drug-likeness (QED) is 0.861. The fourth-order valence-electron chi connectivity index (χ4n) is 2.40. The second-order valence-corrected chi connectivity index (χ2v) is 5.14. The molecule has 4 heteroatoms. The minimum atomic E-state index is -0.854. The zero-order valence-electron chi connectivity index (χ0n) is 11.0. The first kappa shape index (κ1) is 12.9. The Morgan fingerprint density at radius 1 is 1.05 bits per heavy atom. The molecule has 0 saturated heterocycles. The van der Waals surface area contributed by atoms with Crippen LogP contribution in [-0.2, 0) is 6.54 Å². The van der Waals surface area contributed by atoms with Gasteiger partial charge in [-0.3, -0.25) is 0 Å². The van der Waals surface area contributed by atoms with E-state index in [0.29, 0.717) is 6.54 Å². The first-order valence-electron chi connectivity index (χ1n) is 6.71. The average Bonchev–Trinajstić information content (AvgIpc) is 3.28. The Balaban J connectivity index is 1.97. The largest absolute Gasteiger partial charge is 0.397 e. The van der Waals surface area contributed by atoms with Crippen molar-refractivity contribution in [1.29, 1.82) is 0 Å². The Kier molecular flexibility index (Phi) is 3.30. The number of rotatable bonds is 4. The molecule has 0 bridgehead atoms. The molecule has 3 rings (SSSR count). The molecule has 1 aliphatic carbocycles. The summed E-state index contributed by atoms with van der Waals surface area (Å²) in [6, 6.07) is 12.5. The third-order valence-corrected chi connectivity index (χ3v) is 3.57. The zero-order valence-corrected chi connectivity index (χ0v) is 11.0. The lowest BCUT2D eigenvalue weighted by Crippen LogP contribution is -2.27. The third kappa shape index (κ3) is 2.46. The summed E-state index contributed by atoms with van der Waals surface area (Å²) in [6.45, 7) is 0.538. The van der Waals surface area contributed by atoms with Crippen molar-refractivity contribution in [3.63, 3.8) is 0 Å². The molecular weight excluding hydrogens is 258 g/mol. The van der Waals surface area contributed by atoms with E-state index in [1.165, 1.54) is 6.07 Å². The molecule has 1 fully saturated rings. The first-order chi connectivity index (χ1) is 9.66. The van der Waals surface area contributed by atoms with Crippen LogP contribution in [0.1, 0.15) is 18.4 Å². The van der Waals surface area contributed by atoms with E-state index < -0.39 is 11.6 Å². The summed E-state index contributed by atoms with van der Waals surface area (Å²) in [5, 5.41) is 0. The van der Waals surface area contributed by atoms with Crippen molar-refractivity contribution in [2.45, 2.75) is 25.4 Å². The molecule has 0 amide bonds. The Morgan fingerprint density at radius 2 is 1.75 bits per heavy atom. The molecule has 1 aliphatic rings. The zero-order chi connectivity index (χ0) is 14.1. The van der Waals surface area contributed by atoms with Crippen molar-refractivity contribution in [1.82, 2.24) is 0 Å². The molecule has 0 radical (unpaired) electrons. The topological polar surface area (TPSA) is 29.3 Å². The van der Waals surface area contributed by atoms with Gasteiger partial charge in [0.2, 0.25) is 0 Å². The molecule has 2 aromatic rings. The monoisotopic (exact) mass is 274 g/mol. The lowest BCUT2D eigenvalue weighted by Gasteiger charge is -2.26. The van der Waals surface area contributed by atoms with Crippen LogP contribution < -0.4 is 10.6 Å². The normalized spacial score (nSPS) is 14.3. The van der Waals surface area contributed by atoms with Gasteiger partial charge in [0.15, 0.2) is 11.6 Å². The number of anilines is 2. The molecule has 1 saturated carbocycles. The van der Waals surface area contributed by atoms with Crippen molar-refractivity contribution in [2.75, 3.05) is 10.6 Å². The van der Waals surface area contributed by atoms with E-state index in [1.807, 2.05) is 35.2 Å². The number of benzene rings is 2. The van der Waals surface area contributed by atoms with Gasteiger partial charge in [-0.05, 0) is 30.5 Å². The van der Waals surface area contributed by atoms with E-state index in [9.17, 15) is 8.78 Å². The minimum absolute atomic E-state index is 0.191. The summed E-state index contributed by atoms with van der Waals surface area (Å²) in [7, 11) is 0. The molecular formula is C16H16F2N2. The third-order valence-electron chi connectivity index (χ3n) is 3.57. The molecule has 0 aliphatic heterocycles. The van der Waals surface area contributed by atoms with Crippen LogP contribution in [0.3, 0.4) is 0 Å². The van der Waals surface area contributed by atoms with Crippen LogP contribution in [0.15, 0.2) is 42.5 Å².